The molecule has 0 unspecified atom stereocenters. The molecule has 214 valence electrons. The summed E-state index contributed by atoms with van der Waals surface area (Å²) in [7, 11) is 0. The van der Waals surface area contributed by atoms with Crippen LogP contribution in [0.3, 0.4) is 0 Å². The molecule has 1 N–H and O–H groups in total. The zero-order chi connectivity index (χ0) is 28.7. The van der Waals surface area contributed by atoms with E-state index in [9.17, 15) is 24.3 Å². The lowest BCUT2D eigenvalue weighted by Gasteiger charge is -2.48. The van der Waals surface area contributed by atoms with E-state index in [0.717, 1.165) is 11.1 Å². The molecule has 0 radical (unpaired) electrons. The van der Waals surface area contributed by atoms with E-state index < -0.39 is 71.4 Å². The molecule has 8 nitrogen and oxygen atoms in total. The number of aliphatic hydroxyl groups excluding tert-OH is 1. The Kier molecular flexibility index (Phi) is 5.64. The highest BCUT2D eigenvalue weighted by molar-refractivity contribution is 6.02. The highest BCUT2D eigenvalue weighted by atomic mass is 16.6. The summed E-state index contributed by atoms with van der Waals surface area (Å²) < 4.78 is 18.4. The van der Waals surface area contributed by atoms with Crippen LogP contribution in [0.1, 0.15) is 42.9 Å². The van der Waals surface area contributed by atoms with Crippen LogP contribution in [-0.2, 0) is 33.4 Å². The van der Waals surface area contributed by atoms with Crippen molar-refractivity contribution < 1.29 is 38.5 Å². The summed E-state index contributed by atoms with van der Waals surface area (Å²) in [6.45, 7) is 0. The van der Waals surface area contributed by atoms with Crippen LogP contribution in [0.2, 0.25) is 0 Å². The first-order chi connectivity index (χ1) is 20.4. The van der Waals surface area contributed by atoms with E-state index in [1.165, 1.54) is 6.08 Å². The number of benzene rings is 2. The fraction of sp³-hybridized carbons (Fsp3) is 0.412. The summed E-state index contributed by atoms with van der Waals surface area (Å²) in [5.74, 6) is -3.71. The lowest BCUT2D eigenvalue weighted by Crippen LogP contribution is -2.56. The number of ketones is 2. The molecule has 0 spiro atoms. The van der Waals surface area contributed by atoms with Crippen LogP contribution in [0.15, 0.2) is 78.1 Å². The molecule has 4 fully saturated rings. The monoisotopic (exact) mass is 566 g/mol. The Morgan fingerprint density at radius 3 is 2.36 bits per heavy atom. The number of hydrogen-bond acceptors (Lipinski definition) is 8. The van der Waals surface area contributed by atoms with Crippen molar-refractivity contribution in [1.29, 1.82) is 0 Å². The molecule has 8 heteroatoms. The van der Waals surface area contributed by atoms with Crippen molar-refractivity contribution in [2.45, 2.75) is 50.1 Å². The molecule has 6 aliphatic rings. The molecule has 3 aliphatic heterocycles. The first kappa shape index (κ1) is 25.7. The number of esters is 2. The number of carbonyl (C=O) groups is 4. The molecule has 3 heterocycles. The van der Waals surface area contributed by atoms with Crippen LogP contribution in [0, 0.1) is 35.0 Å². The first-order valence-corrected chi connectivity index (χ1v) is 14.7. The number of Topliss-reactive ketones (excluding diaryl/α,β-unsaturated/α-hetero) is 1. The Bertz CT molecular complexity index is 1560. The Labute approximate surface area is 242 Å². The predicted molar refractivity (Wildman–Crippen MR) is 147 cm³/mol. The average molecular weight is 567 g/mol. The number of aliphatic hydroxyl groups is 1. The third-order valence-electron chi connectivity index (χ3n) is 10.6. The minimum absolute atomic E-state index is 0.0187. The molecule has 2 saturated heterocycles. The van der Waals surface area contributed by atoms with E-state index in [1.54, 1.807) is 6.08 Å². The fourth-order valence-corrected chi connectivity index (χ4v) is 9.15. The number of fused-ring (bicyclic) bond motifs is 11. The molecular formula is C34H30O8. The summed E-state index contributed by atoms with van der Waals surface area (Å²) in [4.78, 5) is 54.0. The van der Waals surface area contributed by atoms with E-state index in [1.807, 2.05) is 60.7 Å². The number of hydrogen-bond donors (Lipinski definition) is 1. The van der Waals surface area contributed by atoms with Gasteiger partial charge in [0.2, 0.25) is 0 Å². The van der Waals surface area contributed by atoms with Gasteiger partial charge in [-0.1, -0.05) is 66.7 Å². The number of ether oxygens (including phenoxy) is 3. The molecule has 2 bridgehead atoms. The Morgan fingerprint density at radius 2 is 1.60 bits per heavy atom. The summed E-state index contributed by atoms with van der Waals surface area (Å²) >= 11 is 0. The maximum absolute atomic E-state index is 14.6. The van der Waals surface area contributed by atoms with Crippen molar-refractivity contribution in [1.82, 2.24) is 0 Å². The van der Waals surface area contributed by atoms with Gasteiger partial charge in [-0.2, -0.15) is 0 Å². The topological polar surface area (TPSA) is 116 Å². The Hall–Kier alpha value is -4.04. The highest BCUT2D eigenvalue weighted by Gasteiger charge is 2.77. The maximum atomic E-state index is 14.6. The number of allylic oxidation sites excluding steroid dienone is 2. The van der Waals surface area contributed by atoms with Crippen molar-refractivity contribution in [3.8, 4) is 0 Å². The second kappa shape index (κ2) is 9.23. The van der Waals surface area contributed by atoms with Crippen LogP contribution < -0.4 is 0 Å². The minimum Gasteiger partial charge on any atom is -0.489 e. The quantitative estimate of drug-likeness (QED) is 0.440. The van der Waals surface area contributed by atoms with Gasteiger partial charge in [0.05, 0.1) is 30.8 Å². The van der Waals surface area contributed by atoms with Crippen molar-refractivity contribution in [2.75, 3.05) is 0 Å². The summed E-state index contributed by atoms with van der Waals surface area (Å²) in [6.07, 6.45) is 0.750. The van der Waals surface area contributed by atoms with E-state index >= 15 is 0 Å². The average Bonchev–Trinajstić information content (AvgIpc) is 3.62. The zero-order valence-corrected chi connectivity index (χ0v) is 22.8. The summed E-state index contributed by atoms with van der Waals surface area (Å²) in [6, 6.07) is 18.8. The number of rotatable bonds is 4. The third kappa shape index (κ3) is 3.44. The molecular weight excluding hydrogens is 536 g/mol. The number of carbonyl (C=O) groups excluding carboxylic acids is 4. The SMILES string of the molecule is O=C1C[C@@H]2C3=C(O[C@H](c4ccccc4)CC3=O)[C@@H]3[C@@H]([C@H]4C[C@@H]5OC(=O)C[C@@H]5[C@]3(C(=O)C=Cc3ccccc3)[C@H]4O)[C@@H]2O1. The molecule has 10 atom stereocenters. The van der Waals surface area contributed by atoms with Gasteiger partial charge < -0.3 is 19.3 Å². The first-order valence-electron chi connectivity index (χ1n) is 14.7. The van der Waals surface area contributed by atoms with Crippen molar-refractivity contribution in [3.63, 3.8) is 0 Å². The largest absolute Gasteiger partial charge is 0.489 e. The smallest absolute Gasteiger partial charge is 0.306 e. The molecule has 0 aromatic heterocycles. The third-order valence-corrected chi connectivity index (χ3v) is 10.6. The Morgan fingerprint density at radius 1 is 0.881 bits per heavy atom. The normalized spacial score (nSPS) is 39.6. The van der Waals surface area contributed by atoms with Gasteiger partial charge in [0.1, 0.15) is 24.1 Å². The van der Waals surface area contributed by atoms with Gasteiger partial charge in [0.25, 0.3) is 0 Å². The van der Waals surface area contributed by atoms with Crippen molar-refractivity contribution in [2.24, 2.45) is 35.0 Å². The lowest BCUT2D eigenvalue weighted by atomic mass is 9.56. The highest BCUT2D eigenvalue weighted by Crippen LogP contribution is 2.70. The van der Waals surface area contributed by atoms with E-state index in [4.69, 9.17) is 14.2 Å². The van der Waals surface area contributed by atoms with Crippen LogP contribution in [0.25, 0.3) is 6.08 Å². The van der Waals surface area contributed by atoms with E-state index in [-0.39, 0.29) is 30.8 Å². The fourth-order valence-electron chi connectivity index (χ4n) is 9.15. The van der Waals surface area contributed by atoms with Crippen LogP contribution in [0.5, 0.6) is 0 Å². The van der Waals surface area contributed by atoms with Gasteiger partial charge in [-0.05, 0) is 29.5 Å². The lowest BCUT2D eigenvalue weighted by molar-refractivity contribution is -0.155. The van der Waals surface area contributed by atoms with Gasteiger partial charge in [0.15, 0.2) is 11.6 Å². The van der Waals surface area contributed by atoms with Gasteiger partial charge in [-0.15, -0.1) is 0 Å². The Balaban J connectivity index is 1.33. The van der Waals surface area contributed by atoms with Crippen LogP contribution >= 0.6 is 0 Å². The van der Waals surface area contributed by atoms with Gasteiger partial charge in [0, 0.05) is 29.2 Å². The van der Waals surface area contributed by atoms with Gasteiger partial charge in [-0.25, -0.2) is 0 Å². The molecule has 0 amide bonds. The van der Waals surface area contributed by atoms with Gasteiger partial charge >= 0.3 is 11.9 Å². The molecule has 3 aliphatic carbocycles. The molecule has 42 heavy (non-hydrogen) atoms. The summed E-state index contributed by atoms with van der Waals surface area (Å²) in [5, 5.41) is 12.2. The van der Waals surface area contributed by atoms with Crippen molar-refractivity contribution in [3.05, 3.63) is 89.2 Å². The van der Waals surface area contributed by atoms with Crippen LogP contribution in [0.4, 0.5) is 0 Å². The molecule has 2 aromatic rings. The van der Waals surface area contributed by atoms with E-state index in [0.29, 0.717) is 17.8 Å². The zero-order valence-electron chi connectivity index (χ0n) is 22.8. The van der Waals surface area contributed by atoms with Crippen molar-refractivity contribution >= 4 is 29.6 Å². The standard InChI is InChI=1S/C34H30O8/c35-22-16-23(18-9-5-2-6-10-18)41-32-28(22)19-14-26(37)42-31(19)29-20-13-24-21(15-27(38)40-24)34(30(29)32,33(20)39)25(36)12-11-17-7-3-1-4-8-17/h1-12,19-21,23-24,29-31,33,39H,13-16H2/t19-,20-,21+,23+,24+,29-,30+,31-,33+,34-/m1/s1. The predicted octanol–water partition coefficient (Wildman–Crippen LogP) is 3.74. The van der Waals surface area contributed by atoms with E-state index in [2.05, 4.69) is 0 Å². The van der Waals surface area contributed by atoms with Crippen LogP contribution in [-0.4, -0.2) is 46.9 Å². The van der Waals surface area contributed by atoms with Gasteiger partial charge in [-0.3, -0.25) is 19.2 Å². The summed E-state index contributed by atoms with van der Waals surface area (Å²) in [5.41, 5.74) is 0.559. The maximum Gasteiger partial charge on any atom is 0.306 e. The minimum atomic E-state index is -1.49. The molecule has 2 aromatic carbocycles. The second-order valence-electron chi connectivity index (χ2n) is 12.5. The molecule has 8 rings (SSSR count). The molecule has 2 saturated carbocycles. The second-order valence-corrected chi connectivity index (χ2v) is 12.5.